The van der Waals surface area contributed by atoms with E-state index in [2.05, 4.69) is 37.3 Å². The molecule has 0 aliphatic rings. The summed E-state index contributed by atoms with van der Waals surface area (Å²) in [5, 5.41) is 0. The van der Waals surface area contributed by atoms with Crippen LogP contribution in [0.4, 0.5) is 0 Å². The summed E-state index contributed by atoms with van der Waals surface area (Å²) in [4.78, 5) is 0. The normalized spacial score (nSPS) is 11.3. The minimum Gasteiger partial charge on any atom is -0.0885 e. The van der Waals surface area contributed by atoms with Gasteiger partial charge in [-0.1, -0.05) is 88.3 Å². The quantitative estimate of drug-likeness (QED) is 0.273. The molecule has 0 nitrogen and oxygen atoms in total. The highest BCUT2D eigenvalue weighted by molar-refractivity contribution is 5.12. The highest BCUT2D eigenvalue weighted by atomic mass is 14.0. The van der Waals surface area contributed by atoms with Crippen molar-refractivity contribution in [3.63, 3.8) is 0 Å². The summed E-state index contributed by atoms with van der Waals surface area (Å²) in [7, 11) is 0. The van der Waals surface area contributed by atoms with Gasteiger partial charge in [-0.3, -0.25) is 0 Å². The molecule has 1 radical (unpaired) electrons. The SMILES string of the molecule is CCCCCCCCCCC=CCCCc1[c]cccc1. The molecule has 0 aromatic heterocycles. The molecule has 0 heterocycles. The second-order valence-electron chi connectivity index (χ2n) is 6.01. The van der Waals surface area contributed by atoms with Gasteiger partial charge in [0.15, 0.2) is 0 Å². The predicted octanol–water partition coefficient (Wildman–Crippen LogP) is 6.90. The molecule has 0 bridgehead atoms. The van der Waals surface area contributed by atoms with Crippen LogP contribution in [0.2, 0.25) is 0 Å². The summed E-state index contributed by atoms with van der Waals surface area (Å²) in [5.74, 6) is 0. The Labute approximate surface area is 132 Å². The van der Waals surface area contributed by atoms with Crippen LogP contribution in [0.5, 0.6) is 0 Å². The molecule has 0 heteroatoms. The van der Waals surface area contributed by atoms with Crippen molar-refractivity contribution in [1.82, 2.24) is 0 Å². The molecule has 117 valence electrons. The topological polar surface area (TPSA) is 0 Å². The molecular formula is C21H33. The van der Waals surface area contributed by atoms with Crippen LogP contribution >= 0.6 is 0 Å². The maximum atomic E-state index is 3.29. The molecule has 0 N–H and O–H groups in total. The summed E-state index contributed by atoms with van der Waals surface area (Å²) in [6.45, 7) is 2.28. The average Bonchev–Trinajstić information content (AvgIpc) is 2.53. The van der Waals surface area contributed by atoms with Crippen molar-refractivity contribution in [3.05, 3.63) is 48.0 Å². The van der Waals surface area contributed by atoms with Gasteiger partial charge in [-0.25, -0.2) is 0 Å². The van der Waals surface area contributed by atoms with Gasteiger partial charge in [-0.15, -0.1) is 0 Å². The number of hydrogen-bond donors (Lipinski definition) is 0. The third-order valence-electron chi connectivity index (χ3n) is 3.98. The highest BCUT2D eigenvalue weighted by Crippen LogP contribution is 2.10. The van der Waals surface area contributed by atoms with Crippen molar-refractivity contribution < 1.29 is 0 Å². The van der Waals surface area contributed by atoms with Gasteiger partial charge in [0.1, 0.15) is 0 Å². The van der Waals surface area contributed by atoms with Gasteiger partial charge in [0.05, 0.1) is 0 Å². The number of unbranched alkanes of at least 4 members (excludes halogenated alkanes) is 9. The van der Waals surface area contributed by atoms with Crippen LogP contribution in [0.3, 0.4) is 0 Å². The molecule has 0 aliphatic carbocycles. The summed E-state index contributed by atoms with van der Waals surface area (Å²) in [5.41, 5.74) is 1.34. The lowest BCUT2D eigenvalue weighted by molar-refractivity contribution is 0.577. The second kappa shape index (κ2) is 13.9. The van der Waals surface area contributed by atoms with Crippen molar-refractivity contribution in [2.24, 2.45) is 0 Å². The maximum absolute atomic E-state index is 3.29. The van der Waals surface area contributed by atoms with E-state index in [1.165, 1.54) is 76.2 Å². The molecule has 0 unspecified atom stereocenters. The lowest BCUT2D eigenvalue weighted by Crippen LogP contribution is -1.83. The summed E-state index contributed by atoms with van der Waals surface area (Å²) < 4.78 is 0. The van der Waals surface area contributed by atoms with Gasteiger partial charge in [0.2, 0.25) is 0 Å². The fraction of sp³-hybridized carbons (Fsp3) is 0.619. The smallest absolute Gasteiger partial charge is 0.0149 e. The summed E-state index contributed by atoms with van der Waals surface area (Å²) in [6.07, 6.45) is 20.9. The number of hydrogen-bond acceptors (Lipinski definition) is 0. The Morgan fingerprint density at radius 1 is 0.810 bits per heavy atom. The Morgan fingerprint density at radius 2 is 1.48 bits per heavy atom. The molecular weight excluding hydrogens is 252 g/mol. The van der Waals surface area contributed by atoms with Crippen LogP contribution in [-0.2, 0) is 6.42 Å². The Balaban J connectivity index is 1.83. The highest BCUT2D eigenvalue weighted by Gasteiger charge is 1.91. The Kier molecular flexibility index (Phi) is 11.9. The maximum Gasteiger partial charge on any atom is -0.0149 e. The van der Waals surface area contributed by atoms with Crippen LogP contribution in [0.15, 0.2) is 36.4 Å². The molecule has 0 saturated carbocycles. The van der Waals surface area contributed by atoms with E-state index in [9.17, 15) is 0 Å². The summed E-state index contributed by atoms with van der Waals surface area (Å²) >= 11 is 0. The molecule has 0 spiro atoms. The number of aryl methyl sites for hydroxylation is 1. The second-order valence-corrected chi connectivity index (χ2v) is 6.01. The van der Waals surface area contributed by atoms with E-state index >= 15 is 0 Å². The van der Waals surface area contributed by atoms with E-state index in [0.717, 1.165) is 6.42 Å². The number of benzene rings is 1. The van der Waals surface area contributed by atoms with E-state index in [-0.39, 0.29) is 0 Å². The first-order chi connectivity index (χ1) is 10.4. The number of allylic oxidation sites excluding steroid dienone is 2. The van der Waals surface area contributed by atoms with Crippen LogP contribution in [0, 0.1) is 6.07 Å². The van der Waals surface area contributed by atoms with Crippen molar-refractivity contribution in [2.45, 2.75) is 84.0 Å². The van der Waals surface area contributed by atoms with Gasteiger partial charge in [-0.2, -0.15) is 0 Å². The lowest BCUT2D eigenvalue weighted by Gasteiger charge is -2.00. The van der Waals surface area contributed by atoms with Gasteiger partial charge >= 0.3 is 0 Å². The zero-order valence-electron chi connectivity index (χ0n) is 13.9. The third kappa shape index (κ3) is 11.3. The van der Waals surface area contributed by atoms with Gasteiger partial charge in [0.25, 0.3) is 0 Å². The molecule has 0 aliphatic heterocycles. The minimum absolute atomic E-state index is 1.16. The largest absolute Gasteiger partial charge is 0.0885 e. The summed E-state index contributed by atoms with van der Waals surface area (Å²) in [6, 6.07) is 11.6. The first kappa shape index (κ1) is 18.0. The molecule has 1 rings (SSSR count). The monoisotopic (exact) mass is 285 g/mol. The van der Waals surface area contributed by atoms with E-state index in [0.29, 0.717) is 0 Å². The van der Waals surface area contributed by atoms with Crippen LogP contribution in [-0.4, -0.2) is 0 Å². The molecule has 1 aromatic rings. The fourth-order valence-corrected chi connectivity index (χ4v) is 2.63. The van der Waals surface area contributed by atoms with Gasteiger partial charge in [0, 0.05) is 0 Å². The minimum atomic E-state index is 1.16. The van der Waals surface area contributed by atoms with Crippen LogP contribution < -0.4 is 0 Å². The zero-order chi connectivity index (χ0) is 15.0. The van der Waals surface area contributed by atoms with Crippen molar-refractivity contribution in [1.29, 1.82) is 0 Å². The Morgan fingerprint density at radius 3 is 2.14 bits per heavy atom. The van der Waals surface area contributed by atoms with Crippen molar-refractivity contribution in [2.75, 3.05) is 0 Å². The molecule has 1 aromatic carbocycles. The first-order valence-corrected chi connectivity index (χ1v) is 9.04. The first-order valence-electron chi connectivity index (χ1n) is 9.04. The van der Waals surface area contributed by atoms with Crippen LogP contribution in [0.25, 0.3) is 0 Å². The molecule has 0 saturated heterocycles. The van der Waals surface area contributed by atoms with E-state index in [4.69, 9.17) is 0 Å². The predicted molar refractivity (Wildman–Crippen MR) is 94.6 cm³/mol. The number of rotatable bonds is 13. The third-order valence-corrected chi connectivity index (χ3v) is 3.98. The molecule has 21 heavy (non-hydrogen) atoms. The van der Waals surface area contributed by atoms with Crippen molar-refractivity contribution >= 4 is 0 Å². The fourth-order valence-electron chi connectivity index (χ4n) is 2.63. The van der Waals surface area contributed by atoms with E-state index in [1.54, 1.807) is 0 Å². The zero-order valence-corrected chi connectivity index (χ0v) is 13.9. The molecule has 0 atom stereocenters. The lowest BCUT2D eigenvalue weighted by atomic mass is 10.1. The standard InChI is InChI=1S/C21H33/c1-2-3-4-5-6-7-8-9-10-11-12-13-15-18-21-19-16-14-17-20-21/h11-12,14,16-17,19H,2-10,13,15,18H2,1H3. The van der Waals surface area contributed by atoms with E-state index in [1.807, 2.05) is 12.1 Å². The Hall–Kier alpha value is -1.04. The molecule has 0 amide bonds. The van der Waals surface area contributed by atoms with Crippen molar-refractivity contribution in [3.8, 4) is 0 Å². The van der Waals surface area contributed by atoms with Gasteiger partial charge < -0.3 is 0 Å². The average molecular weight is 285 g/mol. The van der Waals surface area contributed by atoms with Gasteiger partial charge in [-0.05, 0) is 43.7 Å². The molecule has 0 fully saturated rings. The van der Waals surface area contributed by atoms with E-state index < -0.39 is 0 Å². The Bertz CT molecular complexity index is 336. The van der Waals surface area contributed by atoms with Crippen LogP contribution in [0.1, 0.15) is 83.1 Å².